The average molecular weight is 590 g/mol. The standard InChI is InChI=1S/C30H24FN3O3S3/c1-20-7-17-26(18-8-20)40(36,37)34-24-13-15-25(16-14-24)39-28(22-5-3-2-4-6-22)29(35)33-30-32-27(19-38-30)21-9-11-23(31)12-10-21/h2-19,28,34H,1H3,(H,32,33,35). The monoisotopic (exact) mass is 589 g/mol. The Kier molecular flexibility index (Phi) is 8.29. The van der Waals surface area contributed by atoms with Crippen LogP contribution in [0.15, 0.2) is 118 Å². The number of sulfonamides is 1. The summed E-state index contributed by atoms with van der Waals surface area (Å²) in [5.74, 6) is -0.577. The van der Waals surface area contributed by atoms with Crippen LogP contribution < -0.4 is 10.0 Å². The van der Waals surface area contributed by atoms with E-state index in [1.807, 2.05) is 42.6 Å². The van der Waals surface area contributed by atoms with Crippen LogP contribution in [0.3, 0.4) is 0 Å². The fourth-order valence-corrected chi connectivity index (χ4v) is 6.63. The number of benzene rings is 4. The summed E-state index contributed by atoms with van der Waals surface area (Å²) < 4.78 is 41.4. The lowest BCUT2D eigenvalue weighted by molar-refractivity contribution is -0.115. The predicted octanol–water partition coefficient (Wildman–Crippen LogP) is 7.53. The number of hydrogen-bond acceptors (Lipinski definition) is 6. The Morgan fingerprint density at radius 1 is 0.900 bits per heavy atom. The summed E-state index contributed by atoms with van der Waals surface area (Å²) in [7, 11) is -3.72. The Balaban J connectivity index is 1.31. The van der Waals surface area contributed by atoms with Gasteiger partial charge in [0, 0.05) is 21.5 Å². The highest BCUT2D eigenvalue weighted by molar-refractivity contribution is 8.00. The summed E-state index contributed by atoms with van der Waals surface area (Å²) in [5, 5.41) is 4.57. The molecular weight excluding hydrogens is 566 g/mol. The molecule has 1 unspecified atom stereocenters. The number of aromatic nitrogens is 1. The predicted molar refractivity (Wildman–Crippen MR) is 160 cm³/mol. The van der Waals surface area contributed by atoms with Gasteiger partial charge in [0.25, 0.3) is 10.0 Å². The molecule has 4 aromatic carbocycles. The van der Waals surface area contributed by atoms with Gasteiger partial charge in [-0.3, -0.25) is 9.52 Å². The van der Waals surface area contributed by atoms with Gasteiger partial charge in [0.15, 0.2) is 5.13 Å². The van der Waals surface area contributed by atoms with E-state index < -0.39 is 15.3 Å². The molecule has 5 aromatic rings. The number of nitrogens with one attached hydrogen (secondary N) is 2. The van der Waals surface area contributed by atoms with Gasteiger partial charge in [-0.1, -0.05) is 48.0 Å². The van der Waals surface area contributed by atoms with Gasteiger partial charge in [-0.2, -0.15) is 0 Å². The van der Waals surface area contributed by atoms with Gasteiger partial charge in [0.1, 0.15) is 11.1 Å². The highest BCUT2D eigenvalue weighted by atomic mass is 32.2. The maximum Gasteiger partial charge on any atom is 0.261 e. The Morgan fingerprint density at radius 2 is 1.57 bits per heavy atom. The van der Waals surface area contributed by atoms with Crippen molar-refractivity contribution in [1.82, 2.24) is 4.98 Å². The van der Waals surface area contributed by atoms with Crippen molar-refractivity contribution in [2.45, 2.75) is 22.0 Å². The van der Waals surface area contributed by atoms with Crippen LogP contribution in [0.1, 0.15) is 16.4 Å². The van der Waals surface area contributed by atoms with E-state index in [9.17, 15) is 17.6 Å². The largest absolute Gasteiger partial charge is 0.301 e. The molecular formula is C30H24FN3O3S3. The SMILES string of the molecule is Cc1ccc(S(=O)(=O)Nc2ccc(SC(C(=O)Nc3nc(-c4ccc(F)cc4)cs3)c3ccccc3)cc2)cc1. The van der Waals surface area contributed by atoms with Crippen molar-refractivity contribution in [2.24, 2.45) is 0 Å². The topological polar surface area (TPSA) is 88.2 Å². The molecule has 202 valence electrons. The van der Waals surface area contributed by atoms with Gasteiger partial charge in [-0.15, -0.1) is 23.1 Å². The first-order valence-corrected chi connectivity index (χ1v) is 15.4. The lowest BCUT2D eigenvalue weighted by Gasteiger charge is -2.16. The van der Waals surface area contributed by atoms with Gasteiger partial charge in [0.05, 0.1) is 10.6 Å². The summed E-state index contributed by atoms with van der Waals surface area (Å²) in [5.41, 5.74) is 3.60. The summed E-state index contributed by atoms with van der Waals surface area (Å²) in [4.78, 5) is 18.9. The molecule has 0 bridgehead atoms. The van der Waals surface area contributed by atoms with Gasteiger partial charge < -0.3 is 5.32 Å². The van der Waals surface area contributed by atoms with E-state index in [0.717, 1.165) is 21.6 Å². The zero-order valence-corrected chi connectivity index (χ0v) is 23.7. The molecule has 1 atom stereocenters. The summed E-state index contributed by atoms with van der Waals surface area (Å²) in [6, 6.07) is 28.9. The minimum Gasteiger partial charge on any atom is -0.301 e. The number of anilines is 2. The van der Waals surface area contributed by atoms with E-state index in [2.05, 4.69) is 15.0 Å². The van der Waals surface area contributed by atoms with Crippen LogP contribution in [0, 0.1) is 12.7 Å². The summed E-state index contributed by atoms with van der Waals surface area (Å²) >= 11 is 2.64. The van der Waals surface area contributed by atoms with Crippen molar-refractivity contribution in [2.75, 3.05) is 10.0 Å². The Labute approximate surface area is 240 Å². The number of carbonyl (C=O) groups excluding carboxylic acids is 1. The smallest absolute Gasteiger partial charge is 0.261 e. The molecule has 0 spiro atoms. The molecule has 0 fully saturated rings. The number of hydrogen-bond donors (Lipinski definition) is 2. The molecule has 1 aromatic heterocycles. The molecule has 40 heavy (non-hydrogen) atoms. The molecule has 0 aliphatic rings. The molecule has 0 saturated heterocycles. The van der Waals surface area contributed by atoms with E-state index in [4.69, 9.17) is 0 Å². The molecule has 10 heteroatoms. The molecule has 5 rings (SSSR count). The normalized spacial score (nSPS) is 12.1. The Morgan fingerprint density at radius 3 is 2.25 bits per heavy atom. The van der Waals surface area contributed by atoms with Crippen LogP contribution in [-0.4, -0.2) is 19.3 Å². The quantitative estimate of drug-likeness (QED) is 0.174. The zero-order chi connectivity index (χ0) is 28.1. The first-order chi connectivity index (χ1) is 19.3. The first-order valence-electron chi connectivity index (χ1n) is 12.2. The van der Waals surface area contributed by atoms with E-state index in [-0.39, 0.29) is 16.6 Å². The summed E-state index contributed by atoms with van der Waals surface area (Å²) in [6.07, 6.45) is 0. The van der Waals surface area contributed by atoms with Crippen LogP contribution in [0.25, 0.3) is 11.3 Å². The molecule has 0 aliphatic carbocycles. The first kappa shape index (κ1) is 27.6. The number of amides is 1. The van der Waals surface area contributed by atoms with Crippen LogP contribution in [0.2, 0.25) is 0 Å². The van der Waals surface area contributed by atoms with Gasteiger partial charge in [0.2, 0.25) is 5.91 Å². The average Bonchev–Trinajstić information content (AvgIpc) is 3.42. The number of thioether (sulfide) groups is 1. The molecule has 2 N–H and O–H groups in total. The fraction of sp³-hybridized carbons (Fsp3) is 0.0667. The second-order valence-corrected chi connectivity index (χ2v) is 12.6. The minimum atomic E-state index is -3.72. The van der Waals surface area contributed by atoms with Crippen LogP contribution in [0.4, 0.5) is 15.2 Å². The van der Waals surface area contributed by atoms with E-state index in [1.165, 1.54) is 35.2 Å². The van der Waals surface area contributed by atoms with E-state index in [1.54, 1.807) is 60.7 Å². The van der Waals surface area contributed by atoms with E-state index >= 15 is 0 Å². The third-order valence-corrected chi connectivity index (χ3v) is 9.33. The molecule has 1 heterocycles. The lowest BCUT2D eigenvalue weighted by Crippen LogP contribution is -2.19. The maximum absolute atomic E-state index is 13.4. The van der Waals surface area contributed by atoms with E-state index in [0.29, 0.717) is 16.5 Å². The molecule has 1 amide bonds. The van der Waals surface area contributed by atoms with Crippen molar-refractivity contribution >= 4 is 49.8 Å². The second kappa shape index (κ2) is 12.0. The second-order valence-electron chi connectivity index (χ2n) is 8.89. The zero-order valence-electron chi connectivity index (χ0n) is 21.2. The summed E-state index contributed by atoms with van der Waals surface area (Å²) in [6.45, 7) is 1.89. The van der Waals surface area contributed by atoms with Gasteiger partial charge >= 0.3 is 0 Å². The van der Waals surface area contributed by atoms with Crippen LogP contribution >= 0.6 is 23.1 Å². The van der Waals surface area contributed by atoms with Crippen molar-refractivity contribution in [3.05, 3.63) is 125 Å². The lowest BCUT2D eigenvalue weighted by atomic mass is 10.1. The molecule has 0 aliphatic heterocycles. The van der Waals surface area contributed by atoms with Crippen molar-refractivity contribution in [1.29, 1.82) is 0 Å². The number of rotatable bonds is 9. The van der Waals surface area contributed by atoms with Crippen molar-refractivity contribution in [3.8, 4) is 11.3 Å². The minimum absolute atomic E-state index is 0.183. The fourth-order valence-electron chi connectivity index (χ4n) is 3.83. The van der Waals surface area contributed by atoms with Gasteiger partial charge in [-0.25, -0.2) is 17.8 Å². The Bertz CT molecular complexity index is 1710. The highest BCUT2D eigenvalue weighted by Gasteiger charge is 2.23. The third kappa shape index (κ3) is 6.77. The number of thiazole rings is 1. The van der Waals surface area contributed by atoms with Crippen molar-refractivity contribution < 1.29 is 17.6 Å². The van der Waals surface area contributed by atoms with Crippen LogP contribution in [0.5, 0.6) is 0 Å². The number of nitrogens with zero attached hydrogens (tertiary/aromatic N) is 1. The number of aryl methyl sites for hydroxylation is 1. The van der Waals surface area contributed by atoms with Crippen molar-refractivity contribution in [3.63, 3.8) is 0 Å². The molecule has 0 radical (unpaired) electrons. The highest BCUT2D eigenvalue weighted by Crippen LogP contribution is 2.37. The number of halogens is 1. The van der Waals surface area contributed by atoms with Crippen LogP contribution in [-0.2, 0) is 14.8 Å². The molecule has 6 nitrogen and oxygen atoms in total. The molecule has 0 saturated carbocycles. The third-order valence-electron chi connectivity index (χ3n) is 5.91. The maximum atomic E-state index is 13.4. The Hall–Kier alpha value is -3.99. The van der Waals surface area contributed by atoms with Gasteiger partial charge in [-0.05, 0) is 73.2 Å². The number of carbonyl (C=O) groups is 1.